The first-order chi connectivity index (χ1) is 6.93. The topological polar surface area (TPSA) is 230 Å². The molecule has 0 heterocycles. The summed E-state index contributed by atoms with van der Waals surface area (Å²) in [5, 5.41) is 0. The average molecular weight is 1040 g/mol. The van der Waals surface area contributed by atoms with Crippen LogP contribution in [0.25, 0.3) is 0 Å². The molecular formula is H28F4O12S8Sb4. The Morgan fingerprint density at radius 3 is 0.286 bits per heavy atom. The molecule has 0 aliphatic heterocycles. The van der Waals surface area contributed by atoms with Gasteiger partial charge in [-0.25, -0.2) is 0 Å². The maximum absolute atomic E-state index is 8.82. The van der Waals surface area contributed by atoms with Crippen LogP contribution in [0, 0.1) is 0 Å². The molecule has 0 aromatic heterocycles. The van der Waals surface area contributed by atoms with E-state index < -0.39 is 84.2 Å². The first-order valence-electron chi connectivity index (χ1n) is 2.33. The van der Waals surface area contributed by atoms with Crippen LogP contribution < -0.4 is 0 Å². The van der Waals surface area contributed by atoms with Gasteiger partial charge in [0.2, 0.25) is 0 Å². The number of hydrogen-bond donors (Lipinski definition) is 8. The van der Waals surface area contributed by atoms with Gasteiger partial charge in [-0.3, -0.25) is 18.8 Å². The van der Waals surface area contributed by atoms with Crippen LogP contribution in [0.4, 0.5) is 18.8 Å². The average Bonchev–Trinajstić information content (AvgIpc) is 1.76. The molecule has 0 unspecified atom stereocenters. The zero-order valence-electron chi connectivity index (χ0n) is 12.6. The molecule has 4 radical (unpaired) electrons. The van der Waals surface area contributed by atoms with E-state index in [1.54, 1.807) is 0 Å². The third-order valence-electron chi connectivity index (χ3n) is 0. The molecule has 0 fully saturated rings. The van der Waals surface area contributed by atoms with E-state index in [-0.39, 0.29) is 127 Å². The van der Waals surface area contributed by atoms with E-state index in [1.807, 2.05) is 0 Å². The van der Waals surface area contributed by atoms with E-state index in [0.717, 1.165) is 0 Å². The Labute approximate surface area is 246 Å². The minimum absolute atomic E-state index is 0. The van der Waals surface area contributed by atoms with Crippen LogP contribution in [0.2, 0.25) is 0 Å². The zero-order chi connectivity index (χ0) is 14.3. The van der Waals surface area contributed by atoms with Crippen LogP contribution in [0.3, 0.4) is 0 Å². The van der Waals surface area contributed by atoms with Gasteiger partial charge in [-0.1, -0.05) is 0 Å². The Balaban J connectivity index is -0.00000000429. The monoisotopic (exact) mass is 1040 g/mol. The van der Waals surface area contributed by atoms with E-state index >= 15 is 0 Å². The predicted molar refractivity (Wildman–Crippen MR) is 137 cm³/mol. The summed E-state index contributed by atoms with van der Waals surface area (Å²) in [7, 11) is 0. The van der Waals surface area contributed by atoms with E-state index in [4.69, 9.17) is 39.2 Å². The van der Waals surface area contributed by atoms with Crippen LogP contribution in [0.1, 0.15) is 0 Å². The molecule has 8 N–H and O–H groups in total. The SMILES string of the molecule is F.F.F.F.S.S.S.S.S.S.S.S.[O]=[Sb]([OH])[OH].[O]=[Sb]([OH])[OH].[O]=[Sb]([OH])[OH].[O]=[Sb]([OH])[OH]. The van der Waals surface area contributed by atoms with E-state index in [2.05, 4.69) is 0 Å². The molecule has 196 valence electrons. The first-order valence-corrected chi connectivity index (χ1v) is 15.6. The molecule has 12 nitrogen and oxygen atoms in total. The van der Waals surface area contributed by atoms with Gasteiger partial charge in [0.1, 0.15) is 0 Å². The quantitative estimate of drug-likeness (QED) is 0.0844. The number of rotatable bonds is 0. The van der Waals surface area contributed by atoms with Crippen molar-refractivity contribution in [2.45, 2.75) is 0 Å². The van der Waals surface area contributed by atoms with Gasteiger partial charge in [0.05, 0.1) is 0 Å². The van der Waals surface area contributed by atoms with Crippen molar-refractivity contribution in [3.8, 4) is 0 Å². The van der Waals surface area contributed by atoms with Crippen molar-refractivity contribution in [3.63, 3.8) is 0 Å². The third kappa shape index (κ3) is 1240. The Hall–Kier alpha value is 4.67. The fraction of sp³-hybridized carbons (Fsp3) is 0. The molecular weight excluding hydrogens is 1010 g/mol. The van der Waals surface area contributed by atoms with Gasteiger partial charge in [0.25, 0.3) is 0 Å². The maximum atomic E-state index is 8.82. The van der Waals surface area contributed by atoms with Crippen molar-refractivity contribution in [2.75, 3.05) is 0 Å². The number of hydrogen-bond acceptors (Lipinski definition) is 4. The fourth-order valence-electron chi connectivity index (χ4n) is 0. The van der Waals surface area contributed by atoms with Gasteiger partial charge in [0.15, 0.2) is 0 Å². The van der Waals surface area contributed by atoms with Gasteiger partial charge in [-0.15, -0.1) is 0 Å². The zero-order valence-corrected chi connectivity index (χ0v) is 30.8. The molecule has 0 saturated carbocycles. The molecule has 0 bridgehead atoms. The van der Waals surface area contributed by atoms with Crippen molar-refractivity contribution in [1.82, 2.24) is 0 Å². The first kappa shape index (κ1) is 118. The molecule has 0 aromatic carbocycles. The van der Waals surface area contributed by atoms with Gasteiger partial charge in [-0.05, 0) is 0 Å². The molecule has 0 aliphatic carbocycles. The molecule has 0 amide bonds. The Morgan fingerprint density at radius 1 is 0.286 bits per heavy atom. The van der Waals surface area contributed by atoms with Crippen molar-refractivity contribution >= 4 is 192 Å². The summed E-state index contributed by atoms with van der Waals surface area (Å²) >= 11 is -14.8. The second kappa shape index (κ2) is 107. The predicted octanol–water partition coefficient (Wildman–Crippen LogP) is -4.94. The molecule has 0 saturated heterocycles. The summed E-state index contributed by atoms with van der Waals surface area (Å²) in [6.07, 6.45) is 0. The van der Waals surface area contributed by atoms with Crippen LogP contribution in [0.5, 0.6) is 0 Å². The minimum atomic E-state index is -3.70. The molecule has 28 heteroatoms. The molecule has 0 atom stereocenters. The summed E-state index contributed by atoms with van der Waals surface area (Å²) < 4.78 is 93.2. The molecule has 28 heavy (non-hydrogen) atoms. The summed E-state index contributed by atoms with van der Waals surface area (Å²) in [5.41, 5.74) is 0. The van der Waals surface area contributed by atoms with Crippen LogP contribution in [-0.2, 0) is 12.1 Å². The van der Waals surface area contributed by atoms with Crippen LogP contribution in [-0.4, -0.2) is 111 Å². The van der Waals surface area contributed by atoms with Crippen LogP contribution >= 0.6 is 108 Å². The van der Waals surface area contributed by atoms with Gasteiger partial charge >= 0.3 is 123 Å². The Kier molecular flexibility index (Phi) is 451. The summed E-state index contributed by atoms with van der Waals surface area (Å²) in [5.74, 6) is 0. The van der Waals surface area contributed by atoms with Gasteiger partial charge in [0, 0.05) is 0 Å². The standard InChI is InChI=1S/4FH.8H2O.4O.8H2S.4Sb/h4*1H;8*1H2;;;;;8*1H2;;;;/q;;;;;;;;;;;;;;;;;;;;;;;;4*+2/p-8. The fourth-order valence-corrected chi connectivity index (χ4v) is 0. The molecule has 0 spiro atoms. The van der Waals surface area contributed by atoms with Gasteiger partial charge in [-0.2, -0.15) is 108 Å². The normalized spacial score (nSPS) is 3.71. The Morgan fingerprint density at radius 2 is 0.286 bits per heavy atom. The van der Waals surface area contributed by atoms with Gasteiger partial charge < -0.3 is 0 Å². The van der Waals surface area contributed by atoms with E-state index in [0.29, 0.717) is 0 Å². The van der Waals surface area contributed by atoms with Crippen molar-refractivity contribution in [3.05, 3.63) is 0 Å². The van der Waals surface area contributed by atoms with E-state index in [1.165, 1.54) is 0 Å². The molecule has 0 rings (SSSR count). The summed E-state index contributed by atoms with van der Waals surface area (Å²) in [4.78, 5) is 0. The van der Waals surface area contributed by atoms with Crippen LogP contribution in [0.15, 0.2) is 0 Å². The summed E-state index contributed by atoms with van der Waals surface area (Å²) in [6, 6.07) is 0. The van der Waals surface area contributed by atoms with E-state index in [9.17, 15) is 0 Å². The van der Waals surface area contributed by atoms with Crippen molar-refractivity contribution in [2.24, 2.45) is 0 Å². The summed E-state index contributed by atoms with van der Waals surface area (Å²) in [6.45, 7) is 0. The number of halogens is 4. The second-order valence-corrected chi connectivity index (χ2v) is 6.78. The second-order valence-electron chi connectivity index (χ2n) is 1.01. The molecule has 0 aliphatic rings. The molecule has 0 aromatic rings. The van der Waals surface area contributed by atoms with Crippen molar-refractivity contribution in [1.29, 1.82) is 0 Å². The Bertz CT molecular complexity index is 192. The van der Waals surface area contributed by atoms with Crippen molar-refractivity contribution < 1.29 is 58.0 Å². The third-order valence-corrected chi connectivity index (χ3v) is 0.